The van der Waals surface area contributed by atoms with E-state index in [1.54, 1.807) is 28.6 Å². The zero-order valence-corrected chi connectivity index (χ0v) is 16.1. The molecule has 24 heavy (non-hydrogen) atoms. The van der Waals surface area contributed by atoms with E-state index in [-0.39, 0.29) is 6.04 Å². The van der Waals surface area contributed by atoms with E-state index in [2.05, 4.69) is 12.2 Å². The van der Waals surface area contributed by atoms with Crippen LogP contribution in [0.3, 0.4) is 0 Å². The van der Waals surface area contributed by atoms with Crippen molar-refractivity contribution in [3.05, 3.63) is 29.3 Å². The second-order valence-electron chi connectivity index (χ2n) is 6.48. The number of unbranched alkanes of at least 4 members (excludes halogenated alkanes) is 5. The molecule has 1 aromatic carbocycles. The minimum Gasteiger partial charge on any atom is -0.314 e. The van der Waals surface area contributed by atoms with Gasteiger partial charge in [0.1, 0.15) is 0 Å². The van der Waals surface area contributed by atoms with E-state index in [4.69, 9.17) is 11.6 Å². The highest BCUT2D eigenvalue weighted by molar-refractivity contribution is 7.89. The summed E-state index contributed by atoms with van der Waals surface area (Å²) >= 11 is 5.88. The van der Waals surface area contributed by atoms with Gasteiger partial charge in [0.15, 0.2) is 0 Å². The summed E-state index contributed by atoms with van der Waals surface area (Å²) in [6.45, 7) is 4.19. The minimum atomic E-state index is -3.44. The van der Waals surface area contributed by atoms with Crippen molar-refractivity contribution in [2.24, 2.45) is 0 Å². The largest absolute Gasteiger partial charge is 0.314 e. The number of hydrogen-bond acceptors (Lipinski definition) is 3. The van der Waals surface area contributed by atoms with E-state index < -0.39 is 10.0 Å². The van der Waals surface area contributed by atoms with Gasteiger partial charge >= 0.3 is 0 Å². The van der Waals surface area contributed by atoms with Crippen LogP contribution in [0.2, 0.25) is 5.02 Å². The second kappa shape index (κ2) is 9.76. The van der Waals surface area contributed by atoms with Crippen molar-refractivity contribution in [2.75, 3.05) is 19.6 Å². The van der Waals surface area contributed by atoms with Gasteiger partial charge in [-0.1, -0.05) is 57.0 Å². The van der Waals surface area contributed by atoms with Crippen molar-refractivity contribution in [3.63, 3.8) is 0 Å². The predicted molar refractivity (Wildman–Crippen MR) is 100.0 cm³/mol. The van der Waals surface area contributed by atoms with Gasteiger partial charge in [-0.15, -0.1) is 0 Å². The molecule has 0 bridgehead atoms. The van der Waals surface area contributed by atoms with Gasteiger partial charge in [-0.2, -0.15) is 4.31 Å². The van der Waals surface area contributed by atoms with Crippen LogP contribution in [0.5, 0.6) is 0 Å². The Morgan fingerprint density at radius 3 is 2.50 bits per heavy atom. The van der Waals surface area contributed by atoms with Crippen molar-refractivity contribution >= 4 is 21.6 Å². The summed E-state index contributed by atoms with van der Waals surface area (Å²) in [5.74, 6) is 0. The van der Waals surface area contributed by atoms with Crippen LogP contribution in [0, 0.1) is 0 Å². The van der Waals surface area contributed by atoms with Crippen LogP contribution in [0.15, 0.2) is 29.2 Å². The number of benzene rings is 1. The average molecular weight is 373 g/mol. The lowest BCUT2D eigenvalue weighted by Gasteiger charge is -2.35. The summed E-state index contributed by atoms with van der Waals surface area (Å²) in [5, 5.41) is 3.89. The molecule has 4 nitrogen and oxygen atoms in total. The Kier molecular flexibility index (Phi) is 8.01. The summed E-state index contributed by atoms with van der Waals surface area (Å²) in [7, 11) is -3.44. The highest BCUT2D eigenvalue weighted by Crippen LogP contribution is 2.23. The molecule has 1 aliphatic heterocycles. The molecule has 0 aromatic heterocycles. The molecule has 2 rings (SSSR count). The van der Waals surface area contributed by atoms with Crippen molar-refractivity contribution < 1.29 is 8.42 Å². The van der Waals surface area contributed by atoms with Crippen LogP contribution >= 0.6 is 11.6 Å². The quantitative estimate of drug-likeness (QED) is 0.665. The molecule has 1 N–H and O–H groups in total. The molecule has 1 fully saturated rings. The Bertz CT molecular complexity index is 590. The Labute approximate surface area is 151 Å². The molecule has 6 heteroatoms. The molecule has 0 amide bonds. The van der Waals surface area contributed by atoms with Crippen LogP contribution in [0.25, 0.3) is 0 Å². The third-order valence-corrected chi connectivity index (χ3v) is 6.83. The van der Waals surface area contributed by atoms with Crippen LogP contribution in [0.1, 0.15) is 51.9 Å². The number of hydrogen-bond donors (Lipinski definition) is 1. The molecule has 0 radical (unpaired) electrons. The molecule has 1 aromatic rings. The summed E-state index contributed by atoms with van der Waals surface area (Å²) in [5.41, 5.74) is 0. The van der Waals surface area contributed by atoms with Crippen LogP contribution in [-0.2, 0) is 10.0 Å². The third-order valence-electron chi connectivity index (χ3n) is 4.61. The number of nitrogens with one attached hydrogen (secondary N) is 1. The fraction of sp³-hybridized carbons (Fsp3) is 0.667. The Morgan fingerprint density at radius 1 is 1.12 bits per heavy atom. The minimum absolute atomic E-state index is 0.0469. The third kappa shape index (κ3) is 5.45. The lowest BCUT2D eigenvalue weighted by Crippen LogP contribution is -2.53. The van der Waals surface area contributed by atoms with Gasteiger partial charge in [0.05, 0.1) is 4.90 Å². The number of halogens is 1. The van der Waals surface area contributed by atoms with Gasteiger partial charge in [-0.25, -0.2) is 8.42 Å². The number of piperazine rings is 1. The van der Waals surface area contributed by atoms with Crippen LogP contribution in [-0.4, -0.2) is 38.4 Å². The van der Waals surface area contributed by atoms with Gasteiger partial charge in [0, 0.05) is 30.7 Å². The molecule has 1 heterocycles. The molecular formula is C18H29ClN2O2S. The van der Waals surface area contributed by atoms with E-state index in [0.717, 1.165) is 19.4 Å². The van der Waals surface area contributed by atoms with Gasteiger partial charge in [-0.3, -0.25) is 0 Å². The first-order valence-electron chi connectivity index (χ1n) is 9.04. The smallest absolute Gasteiger partial charge is 0.243 e. The molecule has 0 spiro atoms. The molecule has 136 valence electrons. The lowest BCUT2D eigenvalue weighted by molar-refractivity contribution is 0.250. The Morgan fingerprint density at radius 2 is 1.79 bits per heavy atom. The number of rotatable bonds is 9. The van der Waals surface area contributed by atoms with E-state index in [1.165, 1.54) is 32.1 Å². The lowest BCUT2D eigenvalue weighted by atomic mass is 10.0. The summed E-state index contributed by atoms with van der Waals surface area (Å²) < 4.78 is 27.6. The van der Waals surface area contributed by atoms with E-state index in [9.17, 15) is 8.42 Å². The first kappa shape index (κ1) is 19.7. The van der Waals surface area contributed by atoms with Crippen LogP contribution in [0.4, 0.5) is 0 Å². The zero-order valence-electron chi connectivity index (χ0n) is 14.5. The first-order chi connectivity index (χ1) is 11.6. The maximum Gasteiger partial charge on any atom is 0.243 e. The van der Waals surface area contributed by atoms with Crippen molar-refractivity contribution in [1.29, 1.82) is 0 Å². The molecule has 1 aliphatic rings. The van der Waals surface area contributed by atoms with Crippen molar-refractivity contribution in [2.45, 2.75) is 62.8 Å². The highest BCUT2D eigenvalue weighted by Gasteiger charge is 2.32. The van der Waals surface area contributed by atoms with Crippen molar-refractivity contribution in [3.8, 4) is 0 Å². The molecule has 1 atom stereocenters. The molecule has 1 saturated heterocycles. The molecular weight excluding hydrogens is 344 g/mol. The first-order valence-corrected chi connectivity index (χ1v) is 10.9. The molecule has 0 aliphatic carbocycles. The standard InChI is InChI=1S/C18H29ClN2O2S/c1-2-3-4-5-6-7-8-17-15-20-13-14-21(17)24(22,23)18-11-9-16(19)10-12-18/h9-12,17,20H,2-8,13-15H2,1H3. The maximum atomic E-state index is 12.9. The van der Waals surface area contributed by atoms with Gasteiger partial charge in [0.2, 0.25) is 10.0 Å². The molecule has 1 unspecified atom stereocenters. The van der Waals surface area contributed by atoms with Gasteiger partial charge in [-0.05, 0) is 30.7 Å². The second-order valence-corrected chi connectivity index (χ2v) is 8.81. The summed E-state index contributed by atoms with van der Waals surface area (Å²) in [4.78, 5) is 0.335. The predicted octanol–water partition coefficient (Wildman–Crippen LogP) is 4.05. The van der Waals surface area contributed by atoms with Gasteiger partial charge < -0.3 is 5.32 Å². The van der Waals surface area contributed by atoms with E-state index in [0.29, 0.717) is 23.0 Å². The van der Waals surface area contributed by atoms with Crippen LogP contribution < -0.4 is 5.32 Å². The number of nitrogens with zero attached hydrogens (tertiary/aromatic N) is 1. The summed E-state index contributed by atoms with van der Waals surface area (Å²) in [6.07, 6.45) is 8.27. The van der Waals surface area contributed by atoms with E-state index >= 15 is 0 Å². The fourth-order valence-corrected chi connectivity index (χ4v) is 4.99. The SMILES string of the molecule is CCCCCCCCC1CNCCN1S(=O)(=O)c1ccc(Cl)cc1. The number of sulfonamides is 1. The normalized spacial score (nSPS) is 19.5. The Balaban J connectivity index is 1.96. The average Bonchev–Trinajstić information content (AvgIpc) is 2.58. The topological polar surface area (TPSA) is 49.4 Å². The van der Waals surface area contributed by atoms with Gasteiger partial charge in [0.25, 0.3) is 0 Å². The zero-order chi connectivity index (χ0) is 17.4. The van der Waals surface area contributed by atoms with E-state index in [1.807, 2.05) is 0 Å². The Hall–Kier alpha value is -0.620. The van der Waals surface area contributed by atoms with Crippen molar-refractivity contribution in [1.82, 2.24) is 9.62 Å². The summed E-state index contributed by atoms with van der Waals surface area (Å²) in [6, 6.07) is 6.52. The highest BCUT2D eigenvalue weighted by atomic mass is 35.5. The monoisotopic (exact) mass is 372 g/mol. The molecule has 0 saturated carbocycles. The fourth-order valence-electron chi connectivity index (χ4n) is 3.21. The maximum absolute atomic E-state index is 12.9.